The Bertz CT molecular complexity index is 267. The fourth-order valence-electron chi connectivity index (χ4n) is 1.85. The van der Waals surface area contributed by atoms with Crippen molar-refractivity contribution in [3.05, 3.63) is 0 Å². The van der Waals surface area contributed by atoms with E-state index in [1.54, 1.807) is 0 Å². The molecule has 5 nitrogen and oxygen atoms in total. The van der Waals surface area contributed by atoms with E-state index in [1.165, 1.54) is 0 Å². The number of carbonyl (C=O) groups excluding carboxylic acids is 1. The van der Waals surface area contributed by atoms with E-state index in [0.717, 1.165) is 13.0 Å². The summed E-state index contributed by atoms with van der Waals surface area (Å²) in [6.45, 7) is 6.46. The Hall–Kier alpha value is -0.720. The Kier molecular flexibility index (Phi) is 6.39. The topological polar surface area (TPSA) is 58.8 Å². The van der Waals surface area contributed by atoms with Crippen LogP contribution in [0.1, 0.15) is 13.3 Å². The van der Waals surface area contributed by atoms with Gasteiger partial charge in [0.2, 0.25) is 5.91 Å². The average Bonchev–Trinajstić information content (AvgIpc) is 2.29. The van der Waals surface area contributed by atoms with Gasteiger partial charge in [0.05, 0.1) is 24.7 Å². The van der Waals surface area contributed by atoms with Crippen LogP contribution in [-0.4, -0.2) is 66.6 Å². The van der Waals surface area contributed by atoms with Gasteiger partial charge in [-0.1, -0.05) is 19.1 Å². The van der Waals surface area contributed by atoms with Crippen molar-refractivity contribution < 1.29 is 9.53 Å². The van der Waals surface area contributed by atoms with Crippen molar-refractivity contribution in [3.8, 4) is 0 Å². The maximum atomic E-state index is 12.0. The van der Waals surface area contributed by atoms with Crippen LogP contribution in [0.25, 0.3) is 0 Å². The monoisotopic (exact) mass is 259 g/mol. The Labute approximate surface area is 108 Å². The summed E-state index contributed by atoms with van der Waals surface area (Å²) >= 11 is 4.89. The number of morpholine rings is 1. The van der Waals surface area contributed by atoms with Crippen molar-refractivity contribution in [2.24, 2.45) is 5.73 Å². The van der Waals surface area contributed by atoms with E-state index in [1.807, 2.05) is 9.80 Å². The van der Waals surface area contributed by atoms with E-state index in [9.17, 15) is 4.79 Å². The zero-order valence-corrected chi connectivity index (χ0v) is 11.2. The van der Waals surface area contributed by atoms with Crippen molar-refractivity contribution in [1.29, 1.82) is 0 Å². The number of nitrogens with zero attached hydrogens (tertiary/aromatic N) is 2. The second-order valence-electron chi connectivity index (χ2n) is 4.17. The van der Waals surface area contributed by atoms with Gasteiger partial charge in [0, 0.05) is 19.6 Å². The molecule has 1 amide bonds. The number of carbonyl (C=O) groups is 1. The molecule has 0 aromatic carbocycles. The molecule has 1 fully saturated rings. The minimum Gasteiger partial charge on any atom is -0.392 e. The lowest BCUT2D eigenvalue weighted by atomic mass is 10.3. The number of hydrogen-bond acceptors (Lipinski definition) is 4. The summed E-state index contributed by atoms with van der Waals surface area (Å²) < 4.78 is 5.22. The summed E-state index contributed by atoms with van der Waals surface area (Å²) in [6, 6.07) is 0. The molecule has 0 spiro atoms. The number of hydrogen-bond donors (Lipinski definition) is 1. The predicted octanol–water partition coefficient (Wildman–Crippen LogP) is -0.157. The van der Waals surface area contributed by atoms with Crippen LogP contribution < -0.4 is 5.73 Å². The van der Waals surface area contributed by atoms with Crippen molar-refractivity contribution in [1.82, 2.24) is 9.80 Å². The third-order valence-corrected chi connectivity index (χ3v) is 2.77. The normalized spacial score (nSPS) is 16.2. The summed E-state index contributed by atoms with van der Waals surface area (Å²) in [4.78, 5) is 16.3. The first-order valence-corrected chi connectivity index (χ1v) is 6.40. The van der Waals surface area contributed by atoms with Crippen LogP contribution in [0.5, 0.6) is 0 Å². The number of rotatable bonds is 6. The van der Waals surface area contributed by atoms with Gasteiger partial charge in [-0.25, -0.2) is 0 Å². The van der Waals surface area contributed by atoms with Gasteiger partial charge in [-0.3, -0.25) is 9.69 Å². The maximum Gasteiger partial charge on any atom is 0.236 e. The van der Waals surface area contributed by atoms with Crippen molar-refractivity contribution in [2.45, 2.75) is 13.3 Å². The molecule has 1 saturated heterocycles. The molecule has 0 atom stereocenters. The van der Waals surface area contributed by atoms with Crippen LogP contribution in [0.4, 0.5) is 0 Å². The molecule has 98 valence electrons. The van der Waals surface area contributed by atoms with Gasteiger partial charge < -0.3 is 15.4 Å². The van der Waals surface area contributed by atoms with Crippen LogP contribution in [0.3, 0.4) is 0 Å². The molecule has 0 unspecified atom stereocenters. The van der Waals surface area contributed by atoms with Crippen LogP contribution in [0.15, 0.2) is 0 Å². The van der Waals surface area contributed by atoms with Crippen molar-refractivity contribution in [2.75, 3.05) is 45.9 Å². The molecule has 0 radical (unpaired) electrons. The highest BCUT2D eigenvalue weighted by atomic mass is 32.1. The van der Waals surface area contributed by atoms with Gasteiger partial charge >= 0.3 is 0 Å². The predicted molar refractivity (Wildman–Crippen MR) is 70.9 cm³/mol. The van der Waals surface area contributed by atoms with Gasteiger partial charge in [-0.2, -0.15) is 0 Å². The number of ether oxygens (including phenoxy) is 1. The molecule has 1 heterocycles. The van der Waals surface area contributed by atoms with Crippen molar-refractivity contribution in [3.63, 3.8) is 0 Å². The lowest BCUT2D eigenvalue weighted by Crippen LogP contribution is -2.47. The highest BCUT2D eigenvalue weighted by Crippen LogP contribution is 2.00. The Morgan fingerprint density at radius 1 is 1.41 bits per heavy atom. The van der Waals surface area contributed by atoms with Crippen molar-refractivity contribution >= 4 is 23.1 Å². The molecule has 6 heteroatoms. The van der Waals surface area contributed by atoms with E-state index >= 15 is 0 Å². The zero-order valence-electron chi connectivity index (χ0n) is 10.4. The summed E-state index contributed by atoms with van der Waals surface area (Å²) in [5, 5.41) is 0. The molecule has 0 bridgehead atoms. The summed E-state index contributed by atoms with van der Waals surface area (Å²) in [5.41, 5.74) is 5.52. The van der Waals surface area contributed by atoms with Gasteiger partial charge in [0.25, 0.3) is 0 Å². The Morgan fingerprint density at radius 3 is 2.59 bits per heavy atom. The molecule has 0 aromatic heterocycles. The minimum atomic E-state index is 0.137. The molecule has 0 aromatic rings. The lowest BCUT2D eigenvalue weighted by Gasteiger charge is -2.29. The summed E-state index contributed by atoms with van der Waals surface area (Å²) in [7, 11) is 0. The van der Waals surface area contributed by atoms with Crippen LogP contribution in [-0.2, 0) is 9.53 Å². The first-order chi connectivity index (χ1) is 8.13. The van der Waals surface area contributed by atoms with E-state index < -0.39 is 0 Å². The largest absolute Gasteiger partial charge is 0.392 e. The number of nitrogens with two attached hydrogens (primary N) is 1. The molecule has 0 saturated carbocycles. The van der Waals surface area contributed by atoms with Crippen LogP contribution in [0, 0.1) is 0 Å². The van der Waals surface area contributed by atoms with Gasteiger partial charge in [-0.05, 0) is 13.0 Å². The Balaban J connectivity index is 2.41. The van der Waals surface area contributed by atoms with E-state index in [0.29, 0.717) is 44.4 Å². The highest BCUT2D eigenvalue weighted by Gasteiger charge is 2.19. The highest BCUT2D eigenvalue weighted by molar-refractivity contribution is 7.80. The molecule has 1 aliphatic heterocycles. The molecule has 1 aliphatic rings. The molecular formula is C11H21N3O2S. The van der Waals surface area contributed by atoms with Gasteiger partial charge in [0.15, 0.2) is 0 Å². The fraction of sp³-hybridized carbons (Fsp3) is 0.818. The van der Waals surface area contributed by atoms with Gasteiger partial charge in [-0.15, -0.1) is 0 Å². The fourth-order valence-corrected chi connectivity index (χ4v) is 2.04. The van der Waals surface area contributed by atoms with E-state index in [-0.39, 0.29) is 5.91 Å². The average molecular weight is 259 g/mol. The SMILES string of the molecule is CCCN(CC(=O)N1CCOCC1)CC(N)=S. The molecule has 2 N–H and O–H groups in total. The third-order valence-electron chi connectivity index (χ3n) is 2.64. The maximum absolute atomic E-state index is 12.0. The van der Waals surface area contributed by atoms with Gasteiger partial charge in [0.1, 0.15) is 0 Å². The number of thiocarbonyl (C=S) groups is 1. The molecule has 1 rings (SSSR count). The zero-order chi connectivity index (χ0) is 12.7. The lowest BCUT2D eigenvalue weighted by molar-refractivity contribution is -0.136. The number of amides is 1. The second kappa shape index (κ2) is 7.58. The quantitative estimate of drug-likeness (QED) is 0.672. The molecular weight excluding hydrogens is 238 g/mol. The summed E-state index contributed by atoms with van der Waals surface area (Å²) in [5.74, 6) is 0.137. The van der Waals surface area contributed by atoms with Crippen LogP contribution in [0.2, 0.25) is 0 Å². The summed E-state index contributed by atoms with van der Waals surface area (Å²) in [6.07, 6.45) is 0.985. The Morgan fingerprint density at radius 2 is 2.06 bits per heavy atom. The third kappa shape index (κ3) is 5.43. The minimum absolute atomic E-state index is 0.137. The first-order valence-electron chi connectivity index (χ1n) is 5.99. The molecule has 17 heavy (non-hydrogen) atoms. The first kappa shape index (κ1) is 14.3. The second-order valence-corrected chi connectivity index (χ2v) is 4.69. The standard InChI is InChI=1S/C11H21N3O2S/c1-2-3-13(8-10(12)17)9-11(15)14-4-6-16-7-5-14/h2-9H2,1H3,(H2,12,17). The smallest absolute Gasteiger partial charge is 0.236 e. The van der Waals surface area contributed by atoms with E-state index in [2.05, 4.69) is 6.92 Å². The molecule has 0 aliphatic carbocycles. The van der Waals surface area contributed by atoms with Crippen LogP contribution >= 0.6 is 12.2 Å². The van der Waals surface area contributed by atoms with E-state index in [4.69, 9.17) is 22.7 Å².